The highest BCUT2D eigenvalue weighted by Gasteiger charge is 2.34. The number of nitrogens with zero attached hydrogens (tertiary/aromatic N) is 1. The second-order valence-electron chi connectivity index (χ2n) is 6.05. The van der Waals surface area contributed by atoms with E-state index in [-0.39, 0.29) is 17.9 Å². The van der Waals surface area contributed by atoms with Crippen molar-refractivity contribution in [3.63, 3.8) is 0 Å². The second kappa shape index (κ2) is 6.68. The molecule has 2 fully saturated rings. The molecule has 1 unspecified atom stereocenters. The minimum absolute atomic E-state index is 0.000327. The molecule has 1 N–H and O–H groups in total. The SMILES string of the molecule is O=C(NCCC1CCCCN1S(=O)(=O)c1cccs1)C1CC1. The molecule has 0 spiro atoms. The summed E-state index contributed by atoms with van der Waals surface area (Å²) in [7, 11) is -3.38. The van der Waals surface area contributed by atoms with E-state index in [0.717, 1.165) is 32.1 Å². The van der Waals surface area contributed by atoms with E-state index in [2.05, 4.69) is 5.32 Å². The number of thiophene rings is 1. The second-order valence-corrected chi connectivity index (χ2v) is 9.12. The van der Waals surface area contributed by atoms with E-state index in [1.165, 1.54) is 11.3 Å². The molecule has 22 heavy (non-hydrogen) atoms. The van der Waals surface area contributed by atoms with Crippen molar-refractivity contribution in [3.05, 3.63) is 17.5 Å². The van der Waals surface area contributed by atoms with Gasteiger partial charge >= 0.3 is 0 Å². The van der Waals surface area contributed by atoms with Crippen LogP contribution in [0.3, 0.4) is 0 Å². The first-order valence-corrected chi connectivity index (χ1v) is 10.2. The maximum atomic E-state index is 12.7. The van der Waals surface area contributed by atoms with E-state index in [4.69, 9.17) is 0 Å². The van der Waals surface area contributed by atoms with Gasteiger partial charge in [0.25, 0.3) is 10.0 Å². The number of carbonyl (C=O) groups excluding carboxylic acids is 1. The third-order valence-electron chi connectivity index (χ3n) is 4.36. The van der Waals surface area contributed by atoms with Gasteiger partial charge in [-0.05, 0) is 43.6 Å². The van der Waals surface area contributed by atoms with Crippen LogP contribution in [0.25, 0.3) is 0 Å². The molecule has 1 aliphatic carbocycles. The van der Waals surface area contributed by atoms with E-state index in [1.54, 1.807) is 21.8 Å². The molecule has 1 saturated carbocycles. The minimum Gasteiger partial charge on any atom is -0.356 e. The number of rotatable bonds is 6. The summed E-state index contributed by atoms with van der Waals surface area (Å²) in [5, 5.41) is 4.73. The minimum atomic E-state index is -3.38. The molecular formula is C15H22N2O3S2. The summed E-state index contributed by atoms with van der Waals surface area (Å²) in [5.41, 5.74) is 0. The number of hydrogen-bond donors (Lipinski definition) is 1. The average molecular weight is 342 g/mol. The van der Waals surface area contributed by atoms with Crippen LogP contribution >= 0.6 is 11.3 Å². The molecule has 0 radical (unpaired) electrons. The molecule has 1 aliphatic heterocycles. The lowest BCUT2D eigenvalue weighted by Crippen LogP contribution is -2.45. The summed E-state index contributed by atoms with van der Waals surface area (Å²) in [6.45, 7) is 1.15. The fourth-order valence-electron chi connectivity index (χ4n) is 2.96. The van der Waals surface area contributed by atoms with Crippen molar-refractivity contribution in [2.45, 2.75) is 48.8 Å². The van der Waals surface area contributed by atoms with E-state index < -0.39 is 10.0 Å². The molecule has 2 heterocycles. The highest BCUT2D eigenvalue weighted by atomic mass is 32.2. The Morgan fingerprint density at radius 2 is 2.14 bits per heavy atom. The molecule has 5 nitrogen and oxygen atoms in total. The van der Waals surface area contributed by atoms with Gasteiger partial charge in [-0.2, -0.15) is 4.31 Å². The monoisotopic (exact) mass is 342 g/mol. The number of amides is 1. The number of sulfonamides is 1. The van der Waals surface area contributed by atoms with Crippen LogP contribution < -0.4 is 5.32 Å². The highest BCUT2D eigenvalue weighted by molar-refractivity contribution is 7.91. The van der Waals surface area contributed by atoms with Gasteiger partial charge < -0.3 is 5.32 Å². The van der Waals surface area contributed by atoms with Gasteiger partial charge in [0.05, 0.1) is 0 Å². The van der Waals surface area contributed by atoms with Crippen molar-refractivity contribution in [3.8, 4) is 0 Å². The number of piperidine rings is 1. The zero-order chi connectivity index (χ0) is 15.6. The number of carbonyl (C=O) groups is 1. The Morgan fingerprint density at radius 1 is 1.32 bits per heavy atom. The molecule has 1 aromatic rings. The Morgan fingerprint density at radius 3 is 2.82 bits per heavy atom. The van der Waals surface area contributed by atoms with Gasteiger partial charge in [0.15, 0.2) is 0 Å². The Balaban J connectivity index is 1.62. The van der Waals surface area contributed by atoms with Crippen molar-refractivity contribution in [2.24, 2.45) is 5.92 Å². The maximum absolute atomic E-state index is 12.7. The quantitative estimate of drug-likeness (QED) is 0.862. The zero-order valence-electron chi connectivity index (χ0n) is 12.5. The van der Waals surface area contributed by atoms with Gasteiger partial charge in [-0.15, -0.1) is 11.3 Å². The van der Waals surface area contributed by atoms with E-state index in [9.17, 15) is 13.2 Å². The van der Waals surface area contributed by atoms with Crippen molar-refractivity contribution in [2.75, 3.05) is 13.1 Å². The average Bonchev–Trinajstić information content (AvgIpc) is 3.21. The number of nitrogens with one attached hydrogen (secondary N) is 1. The summed E-state index contributed by atoms with van der Waals surface area (Å²) in [6, 6.07) is 3.44. The molecule has 7 heteroatoms. The normalized spacial score (nSPS) is 23.4. The molecule has 2 aliphatic rings. The molecule has 122 valence electrons. The Hall–Kier alpha value is -0.920. The van der Waals surface area contributed by atoms with E-state index in [0.29, 0.717) is 23.7 Å². The summed E-state index contributed by atoms with van der Waals surface area (Å²) in [4.78, 5) is 11.7. The first-order chi connectivity index (χ1) is 10.6. The fraction of sp³-hybridized carbons (Fsp3) is 0.667. The Labute approximate surface area is 135 Å². The number of hydrogen-bond acceptors (Lipinski definition) is 4. The molecule has 1 saturated heterocycles. The molecule has 3 rings (SSSR count). The molecule has 1 aromatic heterocycles. The van der Waals surface area contributed by atoms with Crippen LogP contribution in [0.2, 0.25) is 0 Å². The van der Waals surface area contributed by atoms with Crippen molar-refractivity contribution < 1.29 is 13.2 Å². The standard InChI is InChI=1S/C15H22N2O3S2/c18-15(12-6-7-12)16-9-8-13-4-1-2-10-17(13)22(19,20)14-5-3-11-21-14/h3,5,11-13H,1-2,4,6-10H2,(H,16,18). The van der Waals surface area contributed by atoms with Crippen molar-refractivity contribution >= 4 is 27.3 Å². The van der Waals surface area contributed by atoms with Crippen LogP contribution in [-0.4, -0.2) is 37.8 Å². The summed E-state index contributed by atoms with van der Waals surface area (Å²) < 4.78 is 27.5. The maximum Gasteiger partial charge on any atom is 0.252 e. The van der Waals surface area contributed by atoms with Crippen LogP contribution in [0.4, 0.5) is 0 Å². The topological polar surface area (TPSA) is 66.5 Å². The lowest BCUT2D eigenvalue weighted by Gasteiger charge is -2.34. The summed E-state index contributed by atoms with van der Waals surface area (Å²) in [6.07, 6.45) is 5.53. The fourth-order valence-corrected chi connectivity index (χ4v) is 5.80. The lowest BCUT2D eigenvalue weighted by atomic mass is 10.0. The zero-order valence-corrected chi connectivity index (χ0v) is 14.2. The first-order valence-electron chi connectivity index (χ1n) is 7.92. The van der Waals surface area contributed by atoms with Crippen LogP contribution in [0.15, 0.2) is 21.7 Å². The molecule has 0 aromatic carbocycles. The van der Waals surface area contributed by atoms with Gasteiger partial charge in [0.2, 0.25) is 5.91 Å². The van der Waals surface area contributed by atoms with Crippen LogP contribution in [-0.2, 0) is 14.8 Å². The van der Waals surface area contributed by atoms with Gasteiger partial charge in [-0.25, -0.2) is 8.42 Å². The highest BCUT2D eigenvalue weighted by Crippen LogP contribution is 2.30. The van der Waals surface area contributed by atoms with Crippen LogP contribution in [0.5, 0.6) is 0 Å². The predicted octanol–water partition coefficient (Wildman–Crippen LogP) is 2.21. The van der Waals surface area contributed by atoms with Gasteiger partial charge in [0.1, 0.15) is 4.21 Å². The first kappa shape index (κ1) is 16.0. The Bertz CT molecular complexity index is 609. The molecule has 0 bridgehead atoms. The third-order valence-corrected chi connectivity index (χ3v) is 7.68. The van der Waals surface area contributed by atoms with E-state index >= 15 is 0 Å². The van der Waals surface area contributed by atoms with Gasteiger partial charge in [0, 0.05) is 25.0 Å². The molecular weight excluding hydrogens is 320 g/mol. The van der Waals surface area contributed by atoms with Gasteiger partial charge in [-0.1, -0.05) is 12.5 Å². The summed E-state index contributed by atoms with van der Waals surface area (Å²) in [5.74, 6) is 0.334. The Kier molecular flexibility index (Phi) is 4.84. The van der Waals surface area contributed by atoms with Crippen molar-refractivity contribution in [1.29, 1.82) is 0 Å². The molecule has 1 atom stereocenters. The van der Waals surface area contributed by atoms with Crippen molar-refractivity contribution in [1.82, 2.24) is 9.62 Å². The lowest BCUT2D eigenvalue weighted by molar-refractivity contribution is -0.122. The molecule has 1 amide bonds. The predicted molar refractivity (Wildman–Crippen MR) is 86.2 cm³/mol. The summed E-state index contributed by atoms with van der Waals surface area (Å²) >= 11 is 1.27. The third kappa shape index (κ3) is 3.52. The van der Waals surface area contributed by atoms with E-state index in [1.807, 2.05) is 0 Å². The van der Waals surface area contributed by atoms with Crippen LogP contribution in [0.1, 0.15) is 38.5 Å². The van der Waals surface area contributed by atoms with Crippen LogP contribution in [0, 0.1) is 5.92 Å². The largest absolute Gasteiger partial charge is 0.356 e. The van der Waals surface area contributed by atoms with Gasteiger partial charge in [-0.3, -0.25) is 4.79 Å². The smallest absolute Gasteiger partial charge is 0.252 e.